The predicted octanol–water partition coefficient (Wildman–Crippen LogP) is 2.85. The number of nitrogens with zero attached hydrogens (tertiary/aromatic N) is 2. The van der Waals surface area contributed by atoms with Crippen molar-refractivity contribution >= 4 is 11.4 Å². The van der Waals surface area contributed by atoms with E-state index in [0.717, 1.165) is 12.8 Å². The van der Waals surface area contributed by atoms with Gasteiger partial charge in [0.15, 0.2) is 0 Å². The molecule has 0 spiro atoms. The lowest BCUT2D eigenvalue weighted by molar-refractivity contribution is 0.144. The van der Waals surface area contributed by atoms with E-state index in [9.17, 15) is 5.11 Å². The summed E-state index contributed by atoms with van der Waals surface area (Å²) in [6, 6.07) is 17.1. The van der Waals surface area contributed by atoms with Gasteiger partial charge in [-0.15, -0.1) is 0 Å². The molecule has 1 aliphatic rings. The average Bonchev–Trinajstić information content (AvgIpc) is 2.65. The van der Waals surface area contributed by atoms with Gasteiger partial charge >= 0.3 is 0 Å². The minimum Gasteiger partial charge on any atom is -0.390 e. The molecule has 0 fully saturated rings. The van der Waals surface area contributed by atoms with Gasteiger partial charge in [0, 0.05) is 17.9 Å². The molecule has 3 rings (SSSR count). The van der Waals surface area contributed by atoms with Crippen molar-refractivity contribution in [2.24, 2.45) is 0 Å². The zero-order chi connectivity index (χ0) is 15.5. The van der Waals surface area contributed by atoms with Crippen molar-refractivity contribution in [3.05, 3.63) is 59.7 Å². The molecule has 2 aromatic carbocycles. The lowest BCUT2D eigenvalue weighted by atomic mass is 10.0. The number of hydrogen-bond donors (Lipinski definition) is 1. The Morgan fingerprint density at radius 1 is 0.955 bits per heavy atom. The van der Waals surface area contributed by atoms with Gasteiger partial charge in [-0.3, -0.25) is 0 Å². The number of β-amino-alcohol motifs (C(OH)–C–C–N with tert-alkyl or cyclic N) is 1. The van der Waals surface area contributed by atoms with Gasteiger partial charge in [0.1, 0.15) is 0 Å². The fourth-order valence-corrected chi connectivity index (χ4v) is 3.26. The molecule has 0 aliphatic carbocycles. The maximum Gasteiger partial charge on any atom is 0.0845 e. The van der Waals surface area contributed by atoms with Gasteiger partial charge < -0.3 is 14.9 Å². The van der Waals surface area contributed by atoms with Gasteiger partial charge in [-0.05, 0) is 50.2 Å². The molecule has 2 aromatic rings. The first-order chi connectivity index (χ1) is 10.6. The first-order valence-electron chi connectivity index (χ1n) is 7.91. The largest absolute Gasteiger partial charge is 0.390 e. The summed E-state index contributed by atoms with van der Waals surface area (Å²) in [7, 11) is 3.99. The summed E-state index contributed by atoms with van der Waals surface area (Å²) in [6.45, 7) is 1.28. The van der Waals surface area contributed by atoms with E-state index in [-0.39, 0.29) is 6.10 Å². The third-order valence-corrected chi connectivity index (χ3v) is 4.20. The first-order valence-corrected chi connectivity index (χ1v) is 7.91. The topological polar surface area (TPSA) is 26.7 Å². The first kappa shape index (κ1) is 15.1. The Bertz CT molecular complexity index is 591. The van der Waals surface area contributed by atoms with Crippen LogP contribution in [0.25, 0.3) is 0 Å². The van der Waals surface area contributed by atoms with Crippen LogP contribution in [0.3, 0.4) is 0 Å². The van der Waals surface area contributed by atoms with E-state index in [1.54, 1.807) is 0 Å². The molecule has 0 radical (unpaired) electrons. The second kappa shape index (κ2) is 6.51. The number of benzene rings is 2. The van der Waals surface area contributed by atoms with Crippen LogP contribution >= 0.6 is 0 Å². The van der Waals surface area contributed by atoms with Crippen molar-refractivity contribution in [1.82, 2.24) is 4.90 Å². The Morgan fingerprint density at radius 2 is 1.45 bits per heavy atom. The Balaban J connectivity index is 1.99. The number of fused-ring (bicyclic) bond motifs is 2. The second-order valence-corrected chi connectivity index (χ2v) is 6.28. The molecule has 0 bridgehead atoms. The molecule has 0 saturated heterocycles. The molecule has 0 unspecified atom stereocenters. The number of para-hydroxylation sites is 2. The highest BCUT2D eigenvalue weighted by Gasteiger charge is 2.22. The molecule has 116 valence electrons. The van der Waals surface area contributed by atoms with Crippen LogP contribution in [0.2, 0.25) is 0 Å². The van der Waals surface area contributed by atoms with Crippen LogP contribution in [0.1, 0.15) is 11.1 Å². The third-order valence-electron chi connectivity index (χ3n) is 4.20. The number of aliphatic hydroxyl groups is 1. The van der Waals surface area contributed by atoms with Crippen molar-refractivity contribution < 1.29 is 5.11 Å². The average molecular weight is 296 g/mol. The quantitative estimate of drug-likeness (QED) is 0.940. The van der Waals surface area contributed by atoms with Gasteiger partial charge in [-0.25, -0.2) is 0 Å². The maximum absolute atomic E-state index is 10.4. The monoisotopic (exact) mass is 296 g/mol. The van der Waals surface area contributed by atoms with Gasteiger partial charge in [-0.2, -0.15) is 0 Å². The standard InChI is InChI=1S/C19H24N2O/c1-20(2)13-17(22)14-21-18-9-5-3-7-15(18)11-12-16-8-4-6-10-19(16)21/h3-10,17,22H,11-14H2,1-2H3/t17-/m0/s1. The van der Waals surface area contributed by atoms with Crippen LogP contribution in [0.4, 0.5) is 11.4 Å². The van der Waals surface area contributed by atoms with Gasteiger partial charge in [-0.1, -0.05) is 36.4 Å². The normalized spacial score (nSPS) is 15.2. The zero-order valence-electron chi connectivity index (χ0n) is 13.4. The second-order valence-electron chi connectivity index (χ2n) is 6.28. The van der Waals surface area contributed by atoms with Crippen LogP contribution in [0.15, 0.2) is 48.5 Å². The van der Waals surface area contributed by atoms with Crippen LogP contribution < -0.4 is 4.90 Å². The number of likely N-dealkylation sites (N-methyl/N-ethyl adjacent to an activating group) is 1. The molecule has 1 N–H and O–H groups in total. The predicted molar refractivity (Wildman–Crippen MR) is 91.9 cm³/mol. The molecular weight excluding hydrogens is 272 g/mol. The highest BCUT2D eigenvalue weighted by atomic mass is 16.3. The molecule has 1 aliphatic heterocycles. The number of anilines is 2. The van der Waals surface area contributed by atoms with Crippen molar-refractivity contribution in [1.29, 1.82) is 0 Å². The van der Waals surface area contributed by atoms with Gasteiger partial charge in [0.2, 0.25) is 0 Å². The van der Waals surface area contributed by atoms with Crippen molar-refractivity contribution in [3.63, 3.8) is 0 Å². The Hall–Kier alpha value is -1.84. The highest BCUT2D eigenvalue weighted by Crippen LogP contribution is 2.35. The molecule has 3 heteroatoms. The fraction of sp³-hybridized carbons (Fsp3) is 0.368. The van der Waals surface area contributed by atoms with E-state index in [1.165, 1.54) is 22.5 Å². The highest BCUT2D eigenvalue weighted by molar-refractivity contribution is 5.71. The third kappa shape index (κ3) is 3.16. The van der Waals surface area contributed by atoms with E-state index in [0.29, 0.717) is 13.1 Å². The van der Waals surface area contributed by atoms with Crippen LogP contribution in [-0.4, -0.2) is 43.3 Å². The summed E-state index contributed by atoms with van der Waals surface area (Å²) < 4.78 is 0. The van der Waals surface area contributed by atoms with Crippen LogP contribution in [0, 0.1) is 0 Å². The summed E-state index contributed by atoms with van der Waals surface area (Å²) in [5, 5.41) is 10.4. The van der Waals surface area contributed by atoms with E-state index in [2.05, 4.69) is 53.4 Å². The van der Waals surface area contributed by atoms with E-state index < -0.39 is 0 Å². The summed E-state index contributed by atoms with van der Waals surface area (Å²) in [5.41, 5.74) is 5.17. The molecule has 3 nitrogen and oxygen atoms in total. The van der Waals surface area contributed by atoms with E-state index in [4.69, 9.17) is 0 Å². The smallest absolute Gasteiger partial charge is 0.0845 e. The minimum absolute atomic E-state index is 0.380. The maximum atomic E-state index is 10.4. The summed E-state index contributed by atoms with van der Waals surface area (Å²) >= 11 is 0. The van der Waals surface area contributed by atoms with Crippen molar-refractivity contribution in [2.45, 2.75) is 18.9 Å². The molecule has 1 atom stereocenters. The lowest BCUT2D eigenvalue weighted by Crippen LogP contribution is -2.36. The van der Waals surface area contributed by atoms with Gasteiger partial charge in [0.25, 0.3) is 0 Å². The Labute approximate surface area is 132 Å². The molecule has 0 amide bonds. The molecular formula is C19H24N2O. The Kier molecular flexibility index (Phi) is 4.46. The Morgan fingerprint density at radius 3 is 1.95 bits per heavy atom. The summed E-state index contributed by atoms with van der Waals surface area (Å²) in [5.74, 6) is 0. The fourth-order valence-electron chi connectivity index (χ4n) is 3.26. The molecule has 1 heterocycles. The number of aliphatic hydroxyl groups excluding tert-OH is 1. The number of rotatable bonds is 4. The van der Waals surface area contributed by atoms with Gasteiger partial charge in [0.05, 0.1) is 12.6 Å². The SMILES string of the molecule is CN(C)C[C@H](O)CN1c2ccccc2CCc2ccccc21. The number of hydrogen-bond acceptors (Lipinski definition) is 3. The number of aryl methyl sites for hydroxylation is 2. The van der Waals surface area contributed by atoms with E-state index in [1.807, 2.05) is 19.0 Å². The van der Waals surface area contributed by atoms with Crippen LogP contribution in [-0.2, 0) is 12.8 Å². The summed E-state index contributed by atoms with van der Waals surface area (Å²) in [4.78, 5) is 4.31. The molecule has 0 aromatic heterocycles. The lowest BCUT2D eigenvalue weighted by Gasteiger charge is -2.30. The molecule has 22 heavy (non-hydrogen) atoms. The minimum atomic E-state index is -0.380. The van der Waals surface area contributed by atoms with Crippen LogP contribution in [0.5, 0.6) is 0 Å². The van der Waals surface area contributed by atoms with E-state index >= 15 is 0 Å². The zero-order valence-corrected chi connectivity index (χ0v) is 13.4. The van der Waals surface area contributed by atoms with Crippen molar-refractivity contribution in [2.75, 3.05) is 32.1 Å². The summed E-state index contributed by atoms with van der Waals surface area (Å²) in [6.07, 6.45) is 1.72. The molecule has 0 saturated carbocycles. The van der Waals surface area contributed by atoms with Crippen molar-refractivity contribution in [3.8, 4) is 0 Å².